The van der Waals surface area contributed by atoms with Crippen LogP contribution in [-0.2, 0) is 26.9 Å². The van der Waals surface area contributed by atoms with Crippen LogP contribution >= 0.6 is 0 Å². The molecule has 0 aliphatic heterocycles. The van der Waals surface area contributed by atoms with Crippen molar-refractivity contribution < 1.29 is 34.0 Å². The number of H-pyrrole nitrogens is 1. The molecule has 0 aliphatic rings. The van der Waals surface area contributed by atoms with Crippen molar-refractivity contribution in [3.63, 3.8) is 0 Å². The number of hydrogen-bond donors (Lipinski definition) is 1. The normalized spacial score (nSPS) is 8.91. The first-order valence-electron chi connectivity index (χ1n) is 2.09. The average Bonchev–Trinajstić information content (AvgIpc) is 2.07. The van der Waals surface area contributed by atoms with Gasteiger partial charge in [0.25, 0.3) is 0 Å². The van der Waals surface area contributed by atoms with E-state index in [1.807, 2.05) is 0 Å². The fourth-order valence-electron chi connectivity index (χ4n) is 0.215. The second-order valence-corrected chi connectivity index (χ2v) is 1.99. The van der Waals surface area contributed by atoms with E-state index in [1.165, 1.54) is 0 Å². The zero-order valence-corrected chi connectivity index (χ0v) is 6.84. The summed E-state index contributed by atoms with van der Waals surface area (Å²) in [6.45, 7) is 0. The van der Waals surface area contributed by atoms with Crippen molar-refractivity contribution in [1.29, 1.82) is 0 Å². The molecule has 0 saturated heterocycles. The van der Waals surface area contributed by atoms with Gasteiger partial charge in [0, 0.05) is 22.8 Å². The Labute approximate surface area is 73.5 Å². The molecule has 0 unspecified atom stereocenters. The van der Waals surface area contributed by atoms with Crippen LogP contribution in [0.3, 0.4) is 0 Å². The van der Waals surface area contributed by atoms with Crippen LogP contribution in [0.15, 0.2) is 18.7 Å². The predicted molar refractivity (Wildman–Crippen MR) is 29.1 cm³/mol. The first-order chi connectivity index (χ1) is 4.50. The van der Waals surface area contributed by atoms with Gasteiger partial charge in [-0.3, -0.25) is 8.42 Å². The third-order valence-electron chi connectivity index (χ3n) is 0.406. The van der Waals surface area contributed by atoms with Crippen molar-refractivity contribution in [2.24, 2.45) is 0 Å². The molecular formula is C3H4N2NiO4S. The zero-order valence-electron chi connectivity index (χ0n) is 5.04. The molecule has 0 saturated carbocycles. The minimum atomic E-state index is -5.17. The van der Waals surface area contributed by atoms with E-state index in [2.05, 4.69) is 9.97 Å². The Hall–Kier alpha value is -0.426. The quantitative estimate of drug-likeness (QED) is 0.347. The predicted octanol–water partition coefficient (Wildman–Crippen LogP) is -0.931. The molecule has 0 radical (unpaired) electrons. The third-order valence-corrected chi connectivity index (χ3v) is 0.406. The Morgan fingerprint density at radius 1 is 1.36 bits per heavy atom. The smallest absolute Gasteiger partial charge is 0.759 e. The minimum absolute atomic E-state index is 0. The van der Waals surface area contributed by atoms with Gasteiger partial charge in [0.2, 0.25) is 0 Å². The van der Waals surface area contributed by atoms with Crippen LogP contribution in [-0.4, -0.2) is 27.5 Å². The Balaban J connectivity index is 0. The molecule has 0 aromatic carbocycles. The molecule has 0 spiro atoms. The van der Waals surface area contributed by atoms with Crippen molar-refractivity contribution in [3.8, 4) is 0 Å². The van der Waals surface area contributed by atoms with E-state index in [9.17, 15) is 0 Å². The summed E-state index contributed by atoms with van der Waals surface area (Å²) in [6.07, 6.45) is 5.08. The average molecular weight is 223 g/mol. The summed E-state index contributed by atoms with van der Waals surface area (Å²) >= 11 is 0. The van der Waals surface area contributed by atoms with Gasteiger partial charge in [0.1, 0.15) is 0 Å². The summed E-state index contributed by atoms with van der Waals surface area (Å²) in [7, 11) is -5.17. The monoisotopic (exact) mass is 222 g/mol. The standard InChI is InChI=1S/C3H4N2.Ni.H2O4S/c1-2-5-3-4-1;;1-5(2,3)4/h1-3H,(H,4,5);;(H2,1,2,3,4)/q;+2;/p-2. The summed E-state index contributed by atoms with van der Waals surface area (Å²) in [5.74, 6) is 0. The van der Waals surface area contributed by atoms with Gasteiger partial charge in [-0.05, 0) is 0 Å². The van der Waals surface area contributed by atoms with Gasteiger partial charge >= 0.3 is 16.5 Å². The van der Waals surface area contributed by atoms with Crippen LogP contribution in [0.2, 0.25) is 0 Å². The summed E-state index contributed by atoms with van der Waals surface area (Å²) in [4.78, 5) is 6.42. The van der Waals surface area contributed by atoms with Gasteiger partial charge in [-0.15, -0.1) is 0 Å². The van der Waals surface area contributed by atoms with E-state index in [0.717, 1.165) is 0 Å². The molecule has 0 amide bonds. The van der Waals surface area contributed by atoms with E-state index >= 15 is 0 Å². The maximum absolute atomic E-state index is 8.52. The summed E-state index contributed by atoms with van der Waals surface area (Å²) in [6, 6.07) is 0. The van der Waals surface area contributed by atoms with Crippen LogP contribution in [0.25, 0.3) is 0 Å². The van der Waals surface area contributed by atoms with Crippen molar-refractivity contribution in [1.82, 2.24) is 9.97 Å². The fraction of sp³-hybridized carbons (Fsp3) is 0. The van der Waals surface area contributed by atoms with Crippen molar-refractivity contribution in [3.05, 3.63) is 18.7 Å². The molecule has 6 nitrogen and oxygen atoms in total. The number of aromatic nitrogens is 2. The molecule has 8 heteroatoms. The number of rotatable bonds is 0. The molecule has 0 bridgehead atoms. The Bertz CT molecular complexity index is 219. The summed E-state index contributed by atoms with van der Waals surface area (Å²) in [5, 5.41) is 0. The minimum Gasteiger partial charge on any atom is -0.759 e. The summed E-state index contributed by atoms with van der Waals surface area (Å²) < 4.78 is 34.1. The van der Waals surface area contributed by atoms with Crippen LogP contribution in [0, 0.1) is 0 Å². The second kappa shape index (κ2) is 6.29. The first-order valence-corrected chi connectivity index (χ1v) is 3.43. The van der Waals surface area contributed by atoms with E-state index in [-0.39, 0.29) is 16.5 Å². The van der Waals surface area contributed by atoms with Gasteiger partial charge in [0.05, 0.1) is 6.33 Å². The second-order valence-electron chi connectivity index (χ2n) is 1.17. The maximum Gasteiger partial charge on any atom is 2.00 e. The molecule has 0 atom stereocenters. The van der Waals surface area contributed by atoms with E-state index in [1.54, 1.807) is 18.7 Å². The topological polar surface area (TPSA) is 109 Å². The third kappa shape index (κ3) is 26.3. The molecule has 1 heterocycles. The molecule has 0 fully saturated rings. The molecule has 1 aromatic rings. The number of hydrogen-bond acceptors (Lipinski definition) is 5. The Morgan fingerprint density at radius 2 is 1.82 bits per heavy atom. The Morgan fingerprint density at radius 3 is 1.91 bits per heavy atom. The molecule has 11 heavy (non-hydrogen) atoms. The molecular weight excluding hydrogens is 219 g/mol. The largest absolute Gasteiger partial charge is 2.00 e. The van der Waals surface area contributed by atoms with Gasteiger partial charge in [0.15, 0.2) is 0 Å². The summed E-state index contributed by atoms with van der Waals surface area (Å²) in [5.41, 5.74) is 0. The van der Waals surface area contributed by atoms with Gasteiger partial charge in [-0.1, -0.05) is 0 Å². The van der Waals surface area contributed by atoms with E-state index in [4.69, 9.17) is 17.5 Å². The molecule has 1 aromatic heterocycles. The number of nitrogens with one attached hydrogen (secondary N) is 1. The number of nitrogens with zero attached hydrogens (tertiary/aromatic N) is 1. The van der Waals surface area contributed by atoms with Crippen LogP contribution in [0.1, 0.15) is 0 Å². The molecule has 0 aliphatic carbocycles. The molecule has 66 valence electrons. The number of imidazole rings is 1. The van der Waals surface area contributed by atoms with Crippen molar-refractivity contribution >= 4 is 10.4 Å². The molecule has 1 rings (SSSR count). The Kier molecular flexibility index (Phi) is 7.54. The van der Waals surface area contributed by atoms with Crippen LogP contribution in [0.5, 0.6) is 0 Å². The van der Waals surface area contributed by atoms with Crippen molar-refractivity contribution in [2.75, 3.05) is 0 Å². The van der Waals surface area contributed by atoms with Crippen LogP contribution < -0.4 is 0 Å². The number of aromatic amines is 1. The van der Waals surface area contributed by atoms with Crippen LogP contribution in [0.4, 0.5) is 0 Å². The first kappa shape index (κ1) is 13.2. The zero-order chi connectivity index (χ0) is 8.04. The SMILES string of the molecule is O=S(=O)([O-])[O-].[Ni+2].c1c[nH]cn1. The fourth-order valence-corrected chi connectivity index (χ4v) is 0.215. The van der Waals surface area contributed by atoms with E-state index in [0.29, 0.717) is 0 Å². The maximum atomic E-state index is 8.52. The van der Waals surface area contributed by atoms with Gasteiger partial charge in [-0.2, -0.15) is 0 Å². The van der Waals surface area contributed by atoms with Crippen molar-refractivity contribution in [2.45, 2.75) is 0 Å². The molecule has 1 N–H and O–H groups in total. The van der Waals surface area contributed by atoms with E-state index < -0.39 is 10.4 Å². The van der Waals surface area contributed by atoms with Gasteiger partial charge < -0.3 is 14.1 Å². The van der Waals surface area contributed by atoms with Gasteiger partial charge in [-0.25, -0.2) is 4.98 Å².